The number of ketones is 1. The van der Waals surface area contributed by atoms with E-state index >= 15 is 0 Å². The largest absolute Gasteiger partial charge is 0.497 e. The van der Waals surface area contributed by atoms with Crippen LogP contribution < -0.4 is 14.8 Å². The van der Waals surface area contributed by atoms with Gasteiger partial charge in [0.2, 0.25) is 5.78 Å². The highest BCUT2D eigenvalue weighted by molar-refractivity contribution is 6.25. The normalized spacial score (nSPS) is 17.2. The van der Waals surface area contributed by atoms with Crippen LogP contribution in [0.2, 0.25) is 0 Å². The minimum absolute atomic E-state index is 0.0130. The van der Waals surface area contributed by atoms with Gasteiger partial charge in [0.15, 0.2) is 6.29 Å². The zero-order valence-corrected chi connectivity index (χ0v) is 10.8. The maximum Gasteiger partial charge on any atom is 0.208 e. The lowest BCUT2D eigenvalue weighted by Gasteiger charge is -2.26. The van der Waals surface area contributed by atoms with Gasteiger partial charge in [0.25, 0.3) is 0 Å². The lowest BCUT2D eigenvalue weighted by Crippen LogP contribution is -2.36. The van der Waals surface area contributed by atoms with Crippen molar-refractivity contribution in [1.29, 1.82) is 0 Å². The Morgan fingerprint density at radius 3 is 3.16 bits per heavy atom. The molecule has 0 aliphatic carbocycles. The fraction of sp³-hybridized carbons (Fsp3) is 0.429. The summed E-state index contributed by atoms with van der Waals surface area (Å²) in [4.78, 5) is 21.0. The summed E-state index contributed by atoms with van der Waals surface area (Å²) in [5, 5.41) is 2.93. The summed E-state index contributed by atoms with van der Waals surface area (Å²) in [6.07, 6.45) is 2.17. The Bertz CT molecular complexity index is 473. The summed E-state index contributed by atoms with van der Waals surface area (Å²) in [5.74, 6) is 1.15. The molecule has 0 bridgehead atoms. The molecule has 102 valence electrons. The Morgan fingerprint density at radius 2 is 2.42 bits per heavy atom. The molecule has 0 aromatic heterocycles. The summed E-state index contributed by atoms with van der Waals surface area (Å²) < 4.78 is 11.0. The quantitative estimate of drug-likeness (QED) is 0.606. The first kappa shape index (κ1) is 13.5. The maximum atomic E-state index is 10.8. The zero-order valence-electron chi connectivity index (χ0n) is 10.8. The van der Waals surface area contributed by atoms with Crippen LogP contribution in [-0.2, 0) is 16.0 Å². The number of aldehydes is 1. The SMILES string of the molecule is COc1ccc2c(c1)OC(CNCC(=O)C=O)CC2. The minimum atomic E-state index is -0.446. The number of fused-ring (bicyclic) bond motifs is 1. The number of ether oxygens (including phenoxy) is 2. The Hall–Kier alpha value is -1.88. The van der Waals surface area contributed by atoms with E-state index in [4.69, 9.17) is 9.47 Å². The van der Waals surface area contributed by atoms with Gasteiger partial charge in [0.05, 0.1) is 13.7 Å². The van der Waals surface area contributed by atoms with Crippen molar-refractivity contribution in [1.82, 2.24) is 5.32 Å². The van der Waals surface area contributed by atoms with E-state index < -0.39 is 5.78 Å². The highest BCUT2D eigenvalue weighted by atomic mass is 16.5. The molecule has 1 heterocycles. The van der Waals surface area contributed by atoms with Gasteiger partial charge in [-0.2, -0.15) is 0 Å². The number of rotatable bonds is 6. The van der Waals surface area contributed by atoms with Gasteiger partial charge in [-0.15, -0.1) is 0 Å². The van der Waals surface area contributed by atoms with E-state index in [0.29, 0.717) is 12.8 Å². The summed E-state index contributed by atoms with van der Waals surface area (Å²) in [5.41, 5.74) is 1.17. The Labute approximate surface area is 111 Å². The lowest BCUT2D eigenvalue weighted by molar-refractivity contribution is -0.129. The van der Waals surface area contributed by atoms with E-state index in [0.717, 1.165) is 24.3 Å². The van der Waals surface area contributed by atoms with E-state index in [1.807, 2.05) is 18.2 Å². The topological polar surface area (TPSA) is 64.6 Å². The van der Waals surface area contributed by atoms with Gasteiger partial charge in [-0.25, -0.2) is 0 Å². The van der Waals surface area contributed by atoms with Crippen molar-refractivity contribution < 1.29 is 19.1 Å². The second kappa shape index (κ2) is 6.33. The number of benzene rings is 1. The number of methoxy groups -OCH3 is 1. The summed E-state index contributed by atoms with van der Waals surface area (Å²) in [6.45, 7) is 0.616. The van der Waals surface area contributed by atoms with Crippen LogP contribution in [0.3, 0.4) is 0 Å². The van der Waals surface area contributed by atoms with Crippen LogP contribution in [0.15, 0.2) is 18.2 Å². The molecule has 5 heteroatoms. The molecule has 0 saturated heterocycles. The molecule has 0 saturated carbocycles. The van der Waals surface area contributed by atoms with Gasteiger partial charge in [0.1, 0.15) is 17.6 Å². The van der Waals surface area contributed by atoms with Gasteiger partial charge < -0.3 is 14.8 Å². The third kappa shape index (κ3) is 3.54. The molecule has 19 heavy (non-hydrogen) atoms. The number of carbonyl (C=O) groups is 2. The Kier molecular flexibility index (Phi) is 4.52. The molecular weight excluding hydrogens is 246 g/mol. The molecule has 1 aliphatic rings. The Balaban J connectivity index is 1.90. The summed E-state index contributed by atoms with van der Waals surface area (Å²) in [6, 6.07) is 5.80. The number of hydrogen-bond acceptors (Lipinski definition) is 5. The molecule has 0 amide bonds. The van der Waals surface area contributed by atoms with Crippen molar-refractivity contribution in [2.75, 3.05) is 20.2 Å². The van der Waals surface area contributed by atoms with Crippen LogP contribution in [0.25, 0.3) is 0 Å². The zero-order chi connectivity index (χ0) is 13.7. The molecule has 0 fully saturated rings. The van der Waals surface area contributed by atoms with Crippen LogP contribution in [0.1, 0.15) is 12.0 Å². The van der Waals surface area contributed by atoms with Crippen molar-refractivity contribution in [3.05, 3.63) is 23.8 Å². The molecule has 1 aromatic carbocycles. The molecule has 1 N–H and O–H groups in total. The van der Waals surface area contributed by atoms with Gasteiger partial charge >= 0.3 is 0 Å². The summed E-state index contributed by atoms with van der Waals surface area (Å²) >= 11 is 0. The molecule has 0 radical (unpaired) electrons. The number of nitrogens with one attached hydrogen (secondary N) is 1. The number of carbonyl (C=O) groups excluding carboxylic acids is 2. The predicted molar refractivity (Wildman–Crippen MR) is 69.7 cm³/mol. The molecule has 5 nitrogen and oxygen atoms in total. The molecule has 0 spiro atoms. The molecule has 1 atom stereocenters. The Morgan fingerprint density at radius 1 is 1.58 bits per heavy atom. The monoisotopic (exact) mass is 263 g/mol. The van der Waals surface area contributed by atoms with Crippen LogP contribution in [0, 0.1) is 0 Å². The van der Waals surface area contributed by atoms with E-state index in [2.05, 4.69) is 5.32 Å². The molecule has 1 unspecified atom stereocenters. The minimum Gasteiger partial charge on any atom is -0.497 e. The van der Waals surface area contributed by atoms with Crippen LogP contribution in [0.4, 0.5) is 0 Å². The fourth-order valence-electron chi connectivity index (χ4n) is 2.07. The van der Waals surface area contributed by atoms with Gasteiger partial charge in [-0.1, -0.05) is 6.07 Å². The molecule has 2 rings (SSSR count). The standard InChI is InChI=1S/C14H17NO4/c1-18-12-4-2-10-3-5-13(19-14(10)6-12)8-15-7-11(17)9-16/h2,4,6,9,13,15H,3,5,7-8H2,1H3. The molecule has 1 aromatic rings. The smallest absolute Gasteiger partial charge is 0.208 e. The van der Waals surface area contributed by atoms with Crippen molar-refractivity contribution in [2.24, 2.45) is 0 Å². The van der Waals surface area contributed by atoms with Crippen molar-refractivity contribution in [3.63, 3.8) is 0 Å². The van der Waals surface area contributed by atoms with Crippen LogP contribution >= 0.6 is 0 Å². The second-order valence-corrected chi connectivity index (χ2v) is 4.47. The van der Waals surface area contributed by atoms with E-state index in [-0.39, 0.29) is 12.6 Å². The van der Waals surface area contributed by atoms with Crippen molar-refractivity contribution >= 4 is 12.1 Å². The highest BCUT2D eigenvalue weighted by Crippen LogP contribution is 2.30. The lowest BCUT2D eigenvalue weighted by atomic mass is 10.0. The van der Waals surface area contributed by atoms with Crippen molar-refractivity contribution in [2.45, 2.75) is 18.9 Å². The van der Waals surface area contributed by atoms with Crippen LogP contribution in [-0.4, -0.2) is 38.4 Å². The third-order valence-corrected chi connectivity index (χ3v) is 3.11. The summed E-state index contributed by atoms with van der Waals surface area (Å²) in [7, 11) is 1.62. The van der Waals surface area contributed by atoms with Gasteiger partial charge in [-0.3, -0.25) is 9.59 Å². The van der Waals surface area contributed by atoms with E-state index in [1.165, 1.54) is 5.56 Å². The molecular formula is C14H17NO4. The van der Waals surface area contributed by atoms with E-state index in [9.17, 15) is 9.59 Å². The first-order valence-corrected chi connectivity index (χ1v) is 6.25. The molecule has 1 aliphatic heterocycles. The first-order chi connectivity index (χ1) is 9.22. The van der Waals surface area contributed by atoms with Crippen LogP contribution in [0.5, 0.6) is 11.5 Å². The number of hydrogen-bond donors (Lipinski definition) is 1. The maximum absolute atomic E-state index is 10.8. The van der Waals surface area contributed by atoms with Gasteiger partial charge in [0, 0.05) is 12.6 Å². The fourth-order valence-corrected chi connectivity index (χ4v) is 2.07. The predicted octanol–water partition coefficient (Wildman–Crippen LogP) is 0.746. The third-order valence-electron chi connectivity index (χ3n) is 3.11. The van der Waals surface area contributed by atoms with Gasteiger partial charge in [-0.05, 0) is 24.5 Å². The average molecular weight is 263 g/mol. The van der Waals surface area contributed by atoms with Crippen molar-refractivity contribution in [3.8, 4) is 11.5 Å². The second-order valence-electron chi connectivity index (χ2n) is 4.47. The first-order valence-electron chi connectivity index (χ1n) is 6.25. The van der Waals surface area contributed by atoms with E-state index in [1.54, 1.807) is 7.11 Å². The number of aryl methyl sites for hydroxylation is 1. The number of Topliss-reactive ketones (excluding diaryl/α,β-unsaturated/α-hetero) is 1. The average Bonchev–Trinajstić information content (AvgIpc) is 2.46. The highest BCUT2D eigenvalue weighted by Gasteiger charge is 2.20.